The van der Waals surface area contributed by atoms with Crippen LogP contribution in [-0.2, 0) is 14.8 Å². The Kier molecular flexibility index (Phi) is 5.96. The molecule has 2 fully saturated rings. The molecule has 0 saturated carbocycles. The van der Waals surface area contributed by atoms with E-state index in [1.807, 2.05) is 6.07 Å². The minimum absolute atomic E-state index is 0.280. The predicted octanol–water partition coefficient (Wildman–Crippen LogP) is 2.87. The number of rotatable bonds is 6. The fraction of sp³-hybridized carbons (Fsp3) is 0.524. The molecule has 1 aromatic carbocycles. The van der Waals surface area contributed by atoms with E-state index >= 15 is 0 Å². The van der Waals surface area contributed by atoms with Crippen molar-refractivity contribution in [3.8, 4) is 17.0 Å². The summed E-state index contributed by atoms with van der Waals surface area (Å²) in [7, 11) is -1.96. The average Bonchev–Trinajstić information content (AvgIpc) is 3.43. The van der Waals surface area contributed by atoms with Crippen molar-refractivity contribution < 1.29 is 17.9 Å². The first-order valence-corrected chi connectivity index (χ1v) is 11.7. The van der Waals surface area contributed by atoms with Gasteiger partial charge in [0, 0.05) is 36.1 Å². The summed E-state index contributed by atoms with van der Waals surface area (Å²) in [5, 5.41) is 0. The third-order valence-electron chi connectivity index (χ3n) is 5.91. The van der Waals surface area contributed by atoms with Crippen molar-refractivity contribution in [3.05, 3.63) is 36.0 Å². The highest BCUT2D eigenvalue weighted by molar-refractivity contribution is 7.89. The summed E-state index contributed by atoms with van der Waals surface area (Å²) < 4.78 is 38.5. The number of aromatic nitrogens is 1. The van der Waals surface area contributed by atoms with Crippen LogP contribution < -0.4 is 4.74 Å². The lowest BCUT2D eigenvalue weighted by Gasteiger charge is -2.26. The van der Waals surface area contributed by atoms with Crippen molar-refractivity contribution in [3.63, 3.8) is 0 Å². The molecule has 1 N–H and O–H groups in total. The summed E-state index contributed by atoms with van der Waals surface area (Å²) in [5.41, 5.74) is 2.80. The number of nitrogens with zero attached hydrogens (tertiary/aromatic N) is 2. The first kappa shape index (κ1) is 20.4. The Morgan fingerprint density at radius 2 is 1.97 bits per heavy atom. The maximum atomic E-state index is 13.1. The maximum absolute atomic E-state index is 13.1. The van der Waals surface area contributed by atoms with E-state index in [9.17, 15) is 8.42 Å². The van der Waals surface area contributed by atoms with E-state index in [-0.39, 0.29) is 4.90 Å². The van der Waals surface area contributed by atoms with Crippen LogP contribution in [0.5, 0.6) is 5.75 Å². The van der Waals surface area contributed by atoms with Gasteiger partial charge in [-0.25, -0.2) is 8.42 Å². The molecule has 2 aromatic rings. The Bertz CT molecular complexity index is 951. The molecule has 0 radical (unpaired) electrons. The molecular formula is C21H29N3O4S. The van der Waals surface area contributed by atoms with E-state index in [2.05, 4.69) is 22.9 Å². The average molecular weight is 420 g/mol. The van der Waals surface area contributed by atoms with Crippen LogP contribution in [0.25, 0.3) is 11.3 Å². The highest BCUT2D eigenvalue weighted by atomic mass is 32.2. The van der Waals surface area contributed by atoms with Crippen molar-refractivity contribution in [1.29, 1.82) is 0 Å². The number of methoxy groups -OCH3 is 1. The second-order valence-electron chi connectivity index (χ2n) is 7.49. The lowest BCUT2D eigenvalue weighted by molar-refractivity contribution is 0.0730. The third kappa shape index (κ3) is 3.94. The van der Waals surface area contributed by atoms with Crippen LogP contribution in [0.4, 0.5) is 0 Å². The quantitative estimate of drug-likeness (QED) is 0.779. The molecule has 7 nitrogen and oxygen atoms in total. The van der Waals surface area contributed by atoms with Crippen molar-refractivity contribution in [1.82, 2.24) is 14.2 Å². The molecule has 3 heterocycles. The molecule has 2 aliphatic rings. The number of sulfonamides is 1. The number of H-pyrrole nitrogens is 1. The summed E-state index contributed by atoms with van der Waals surface area (Å²) >= 11 is 0. The summed E-state index contributed by atoms with van der Waals surface area (Å²) in [6, 6.07) is 9.58. The molecule has 0 spiro atoms. The second-order valence-corrected chi connectivity index (χ2v) is 9.43. The van der Waals surface area contributed by atoms with Crippen LogP contribution in [0.2, 0.25) is 0 Å². The van der Waals surface area contributed by atoms with E-state index < -0.39 is 10.0 Å². The van der Waals surface area contributed by atoms with Gasteiger partial charge in [0.25, 0.3) is 0 Å². The van der Waals surface area contributed by atoms with E-state index in [0.717, 1.165) is 30.8 Å². The lowest BCUT2D eigenvalue weighted by Crippen LogP contribution is -2.40. The summed E-state index contributed by atoms with van der Waals surface area (Å²) in [6.07, 6.45) is 2.33. The highest BCUT2D eigenvalue weighted by Gasteiger charge is 2.28. The number of morpholine rings is 1. The van der Waals surface area contributed by atoms with Crippen LogP contribution in [-0.4, -0.2) is 69.1 Å². The van der Waals surface area contributed by atoms with Crippen molar-refractivity contribution in [2.24, 2.45) is 0 Å². The molecule has 29 heavy (non-hydrogen) atoms. The van der Waals surface area contributed by atoms with Gasteiger partial charge in [-0.05, 0) is 56.3 Å². The van der Waals surface area contributed by atoms with Crippen LogP contribution in [0.1, 0.15) is 31.5 Å². The maximum Gasteiger partial charge on any atom is 0.243 e. The van der Waals surface area contributed by atoms with Crippen molar-refractivity contribution in [2.45, 2.75) is 30.7 Å². The van der Waals surface area contributed by atoms with Crippen molar-refractivity contribution in [2.75, 3.05) is 46.5 Å². The van der Waals surface area contributed by atoms with Gasteiger partial charge in [-0.15, -0.1) is 0 Å². The molecule has 158 valence electrons. The van der Waals surface area contributed by atoms with E-state index in [0.29, 0.717) is 38.1 Å². The molecule has 1 atom stereocenters. The minimum Gasteiger partial charge on any atom is -0.496 e. The normalized spacial score (nSPS) is 21.5. The largest absolute Gasteiger partial charge is 0.496 e. The summed E-state index contributed by atoms with van der Waals surface area (Å²) in [5.74, 6) is 0.651. The number of nitrogens with one attached hydrogen (secondary N) is 1. The molecular weight excluding hydrogens is 390 g/mol. The molecule has 2 saturated heterocycles. The fourth-order valence-corrected chi connectivity index (χ4v) is 5.75. The lowest BCUT2D eigenvalue weighted by atomic mass is 10.1. The van der Waals surface area contributed by atoms with Crippen LogP contribution in [0.15, 0.2) is 35.2 Å². The zero-order valence-corrected chi connectivity index (χ0v) is 17.9. The van der Waals surface area contributed by atoms with E-state index in [4.69, 9.17) is 9.47 Å². The number of ether oxygens (including phenoxy) is 2. The molecule has 0 bridgehead atoms. The number of likely N-dealkylation sites (tertiary alicyclic amines) is 1. The number of benzene rings is 1. The zero-order chi connectivity index (χ0) is 20.4. The first-order chi connectivity index (χ1) is 14.0. The Morgan fingerprint density at radius 1 is 1.17 bits per heavy atom. The molecule has 1 aromatic heterocycles. The predicted molar refractivity (Wildman–Crippen MR) is 112 cm³/mol. The van der Waals surface area contributed by atoms with Gasteiger partial charge < -0.3 is 14.5 Å². The van der Waals surface area contributed by atoms with Gasteiger partial charge in [-0.2, -0.15) is 4.31 Å². The van der Waals surface area contributed by atoms with Gasteiger partial charge in [0.05, 0.1) is 25.2 Å². The topological polar surface area (TPSA) is 74.9 Å². The number of hydrogen-bond acceptors (Lipinski definition) is 5. The third-order valence-corrected chi connectivity index (χ3v) is 7.80. The Labute approximate surface area is 172 Å². The fourth-order valence-electron chi connectivity index (χ4n) is 4.31. The number of hydrogen-bond donors (Lipinski definition) is 1. The van der Waals surface area contributed by atoms with Gasteiger partial charge in [0.1, 0.15) is 5.75 Å². The first-order valence-electron chi connectivity index (χ1n) is 10.2. The molecule has 4 rings (SSSR count). The molecule has 0 aliphatic carbocycles. The minimum atomic E-state index is -3.56. The monoisotopic (exact) mass is 419 g/mol. The van der Waals surface area contributed by atoms with Gasteiger partial charge in [-0.1, -0.05) is 6.92 Å². The van der Waals surface area contributed by atoms with Gasteiger partial charge >= 0.3 is 0 Å². The van der Waals surface area contributed by atoms with Crippen LogP contribution in [0, 0.1) is 0 Å². The van der Waals surface area contributed by atoms with Crippen LogP contribution in [0.3, 0.4) is 0 Å². The smallest absolute Gasteiger partial charge is 0.243 e. The second kappa shape index (κ2) is 8.47. The summed E-state index contributed by atoms with van der Waals surface area (Å²) in [4.78, 5) is 6.26. The molecule has 0 amide bonds. The van der Waals surface area contributed by atoms with Gasteiger partial charge in [-0.3, -0.25) is 4.90 Å². The Balaban J connectivity index is 1.68. The number of aromatic amines is 1. The highest BCUT2D eigenvalue weighted by Crippen LogP contribution is 2.36. The van der Waals surface area contributed by atoms with Crippen molar-refractivity contribution >= 4 is 10.0 Å². The van der Waals surface area contributed by atoms with E-state index in [1.165, 1.54) is 16.4 Å². The molecule has 1 unspecified atom stereocenters. The summed E-state index contributed by atoms with van der Waals surface area (Å²) in [6.45, 7) is 5.94. The SMILES string of the molecule is CCN1CCCC1c1ccc(-c2cc(S(=O)(=O)N3CCOCC3)ccc2OC)[nH]1. The molecule has 2 aliphatic heterocycles. The van der Waals surface area contributed by atoms with Gasteiger partial charge in [0.2, 0.25) is 10.0 Å². The Hall–Kier alpha value is -1.87. The standard InChI is InChI=1S/C21H29N3O4S/c1-3-23-10-4-5-20(23)19-8-7-18(22-19)17-15-16(6-9-21(17)27-2)29(25,26)24-11-13-28-14-12-24/h6-9,15,20,22H,3-5,10-14H2,1-2H3. The van der Waals surface area contributed by atoms with Gasteiger partial charge in [0.15, 0.2) is 0 Å². The van der Waals surface area contributed by atoms with E-state index in [1.54, 1.807) is 25.3 Å². The Morgan fingerprint density at radius 3 is 2.69 bits per heavy atom. The zero-order valence-electron chi connectivity index (χ0n) is 17.1. The van der Waals surface area contributed by atoms with Crippen LogP contribution >= 0.6 is 0 Å². The molecule has 8 heteroatoms.